The zero-order valence-electron chi connectivity index (χ0n) is 10.9. The summed E-state index contributed by atoms with van der Waals surface area (Å²) in [5.41, 5.74) is 1.06. The molecule has 2 rings (SSSR count). The van der Waals surface area contributed by atoms with Crippen molar-refractivity contribution < 1.29 is 14.6 Å². The van der Waals surface area contributed by atoms with Crippen LogP contribution in [-0.2, 0) is 6.54 Å². The number of halogens is 1. The van der Waals surface area contributed by atoms with Crippen molar-refractivity contribution in [3.05, 3.63) is 58.6 Å². The first-order chi connectivity index (χ1) is 9.61. The molecule has 2 aromatic carbocycles. The average Bonchev–Trinajstić information content (AvgIpc) is 2.45. The lowest BCUT2D eigenvalue weighted by Crippen LogP contribution is -2.22. The predicted octanol–water partition coefficient (Wildman–Crippen LogP) is 2.98. The molecular weight excluding hydrogens is 278 g/mol. The molecule has 0 fully saturated rings. The number of methoxy groups -OCH3 is 1. The van der Waals surface area contributed by atoms with Crippen LogP contribution in [0, 0.1) is 0 Å². The van der Waals surface area contributed by atoms with Gasteiger partial charge in [0.2, 0.25) is 0 Å². The molecule has 104 valence electrons. The molecule has 0 saturated carbocycles. The Labute approximate surface area is 122 Å². The second-order valence-corrected chi connectivity index (χ2v) is 4.61. The van der Waals surface area contributed by atoms with E-state index < -0.39 is 0 Å². The maximum atomic E-state index is 12.0. The number of nitrogens with one attached hydrogen (secondary N) is 1. The highest BCUT2D eigenvalue weighted by atomic mass is 35.5. The number of benzene rings is 2. The lowest BCUT2D eigenvalue weighted by molar-refractivity contribution is 0.0947. The van der Waals surface area contributed by atoms with Crippen LogP contribution in [0.2, 0.25) is 5.02 Å². The number of phenolic OH excluding ortho intramolecular Hbond substituents is 1. The molecule has 5 heteroatoms. The van der Waals surface area contributed by atoms with Crippen molar-refractivity contribution in [3.8, 4) is 11.5 Å². The Morgan fingerprint density at radius 2 is 2.05 bits per heavy atom. The summed E-state index contributed by atoms with van der Waals surface area (Å²) >= 11 is 5.87. The summed E-state index contributed by atoms with van der Waals surface area (Å²) in [6.07, 6.45) is 0. The van der Waals surface area contributed by atoms with Crippen LogP contribution >= 0.6 is 11.6 Å². The Bertz CT molecular complexity index is 628. The average molecular weight is 292 g/mol. The van der Waals surface area contributed by atoms with Crippen LogP contribution in [0.5, 0.6) is 11.5 Å². The standard InChI is InChI=1S/C15H14ClNO3/c1-20-13-7-3-6-12(14(13)18)15(19)17-9-10-4-2-5-11(16)8-10/h2-8,18H,9H2,1H3,(H,17,19). The van der Waals surface area contributed by atoms with Crippen molar-refractivity contribution in [1.29, 1.82) is 0 Å². The topological polar surface area (TPSA) is 58.6 Å². The fourth-order valence-electron chi connectivity index (χ4n) is 1.79. The number of rotatable bonds is 4. The van der Waals surface area contributed by atoms with Gasteiger partial charge in [-0.3, -0.25) is 4.79 Å². The molecule has 0 aromatic heterocycles. The SMILES string of the molecule is COc1cccc(C(=O)NCc2cccc(Cl)c2)c1O. The molecule has 20 heavy (non-hydrogen) atoms. The normalized spacial score (nSPS) is 10.1. The summed E-state index contributed by atoms with van der Waals surface area (Å²) in [5, 5.41) is 13.2. The summed E-state index contributed by atoms with van der Waals surface area (Å²) in [5.74, 6) is -0.277. The number of para-hydroxylation sites is 1. The van der Waals surface area contributed by atoms with Gasteiger partial charge in [0.15, 0.2) is 11.5 Å². The molecular formula is C15H14ClNO3. The smallest absolute Gasteiger partial charge is 0.255 e. The monoisotopic (exact) mass is 291 g/mol. The lowest BCUT2D eigenvalue weighted by Gasteiger charge is -2.09. The van der Waals surface area contributed by atoms with Gasteiger partial charge in [0.05, 0.1) is 12.7 Å². The Hall–Kier alpha value is -2.20. The molecule has 2 N–H and O–H groups in total. The number of amides is 1. The molecule has 0 aliphatic heterocycles. The first kappa shape index (κ1) is 14.2. The largest absolute Gasteiger partial charge is 0.504 e. The van der Waals surface area contributed by atoms with Gasteiger partial charge in [-0.2, -0.15) is 0 Å². The van der Waals surface area contributed by atoms with Crippen molar-refractivity contribution in [2.75, 3.05) is 7.11 Å². The van der Waals surface area contributed by atoms with E-state index in [0.717, 1.165) is 5.56 Å². The second kappa shape index (κ2) is 6.30. The minimum atomic E-state index is -0.374. The summed E-state index contributed by atoms with van der Waals surface area (Å²) in [4.78, 5) is 12.0. The number of phenols is 1. The molecule has 0 atom stereocenters. The first-order valence-corrected chi connectivity index (χ1v) is 6.38. The molecule has 0 saturated heterocycles. The summed E-state index contributed by atoms with van der Waals surface area (Å²) in [7, 11) is 1.43. The summed E-state index contributed by atoms with van der Waals surface area (Å²) in [6, 6.07) is 12.0. The highest BCUT2D eigenvalue weighted by Crippen LogP contribution is 2.29. The Kier molecular flexibility index (Phi) is 4.48. The summed E-state index contributed by atoms with van der Waals surface area (Å²) in [6.45, 7) is 0.329. The van der Waals surface area contributed by atoms with E-state index in [1.54, 1.807) is 24.3 Å². The maximum absolute atomic E-state index is 12.0. The van der Waals surface area contributed by atoms with E-state index in [4.69, 9.17) is 16.3 Å². The lowest BCUT2D eigenvalue weighted by atomic mass is 10.1. The van der Waals surface area contributed by atoms with Gasteiger partial charge in [-0.1, -0.05) is 29.8 Å². The highest BCUT2D eigenvalue weighted by Gasteiger charge is 2.14. The van der Waals surface area contributed by atoms with E-state index in [1.165, 1.54) is 13.2 Å². The number of carbonyl (C=O) groups excluding carboxylic acids is 1. The minimum absolute atomic E-state index is 0.168. The van der Waals surface area contributed by atoms with E-state index in [0.29, 0.717) is 11.6 Å². The van der Waals surface area contributed by atoms with Crippen molar-refractivity contribution in [3.63, 3.8) is 0 Å². The molecule has 0 spiro atoms. The summed E-state index contributed by atoms with van der Waals surface area (Å²) < 4.78 is 4.97. The molecule has 1 amide bonds. The fourth-order valence-corrected chi connectivity index (χ4v) is 2.01. The van der Waals surface area contributed by atoms with Gasteiger partial charge in [-0.25, -0.2) is 0 Å². The first-order valence-electron chi connectivity index (χ1n) is 6.00. The van der Waals surface area contributed by atoms with Crippen LogP contribution in [-0.4, -0.2) is 18.1 Å². The zero-order chi connectivity index (χ0) is 14.5. The van der Waals surface area contributed by atoms with Crippen molar-refractivity contribution in [2.24, 2.45) is 0 Å². The maximum Gasteiger partial charge on any atom is 0.255 e. The van der Waals surface area contributed by atoms with E-state index in [9.17, 15) is 9.90 Å². The van der Waals surface area contributed by atoms with E-state index in [1.807, 2.05) is 12.1 Å². The fraction of sp³-hybridized carbons (Fsp3) is 0.133. The van der Waals surface area contributed by atoms with E-state index in [-0.39, 0.29) is 23.0 Å². The molecule has 0 bridgehead atoms. The number of aromatic hydroxyl groups is 1. The zero-order valence-corrected chi connectivity index (χ0v) is 11.6. The third-order valence-electron chi connectivity index (χ3n) is 2.81. The molecule has 0 aliphatic carbocycles. The van der Waals surface area contributed by atoms with Gasteiger partial charge in [0.25, 0.3) is 5.91 Å². The number of carbonyl (C=O) groups is 1. The molecule has 0 heterocycles. The van der Waals surface area contributed by atoms with Gasteiger partial charge >= 0.3 is 0 Å². The van der Waals surface area contributed by atoms with Crippen LogP contribution in [0.3, 0.4) is 0 Å². The van der Waals surface area contributed by atoms with E-state index >= 15 is 0 Å². The predicted molar refractivity (Wildman–Crippen MR) is 77.3 cm³/mol. The van der Waals surface area contributed by atoms with Crippen LogP contribution < -0.4 is 10.1 Å². The van der Waals surface area contributed by atoms with Gasteiger partial charge in [0, 0.05) is 11.6 Å². The van der Waals surface area contributed by atoms with Crippen LogP contribution in [0.15, 0.2) is 42.5 Å². The molecule has 4 nitrogen and oxygen atoms in total. The van der Waals surface area contributed by atoms with Gasteiger partial charge in [-0.05, 0) is 29.8 Å². The van der Waals surface area contributed by atoms with Crippen LogP contribution in [0.1, 0.15) is 15.9 Å². The third-order valence-corrected chi connectivity index (χ3v) is 3.04. The van der Waals surface area contributed by atoms with Crippen LogP contribution in [0.25, 0.3) is 0 Å². The van der Waals surface area contributed by atoms with E-state index in [2.05, 4.69) is 5.32 Å². The number of hydrogen-bond donors (Lipinski definition) is 2. The number of ether oxygens (including phenoxy) is 1. The van der Waals surface area contributed by atoms with Gasteiger partial charge in [-0.15, -0.1) is 0 Å². The van der Waals surface area contributed by atoms with Crippen molar-refractivity contribution >= 4 is 17.5 Å². The van der Waals surface area contributed by atoms with Gasteiger partial charge in [0.1, 0.15) is 0 Å². The molecule has 0 radical (unpaired) electrons. The Balaban J connectivity index is 2.09. The number of hydrogen-bond acceptors (Lipinski definition) is 3. The molecule has 0 unspecified atom stereocenters. The van der Waals surface area contributed by atoms with Crippen LogP contribution in [0.4, 0.5) is 0 Å². The Morgan fingerprint density at radius 3 is 2.75 bits per heavy atom. The second-order valence-electron chi connectivity index (χ2n) is 4.17. The quantitative estimate of drug-likeness (QED) is 0.910. The highest BCUT2D eigenvalue weighted by molar-refractivity contribution is 6.30. The molecule has 2 aromatic rings. The third kappa shape index (κ3) is 3.22. The van der Waals surface area contributed by atoms with Crippen molar-refractivity contribution in [1.82, 2.24) is 5.32 Å². The minimum Gasteiger partial charge on any atom is -0.504 e. The van der Waals surface area contributed by atoms with Crippen molar-refractivity contribution in [2.45, 2.75) is 6.54 Å². The van der Waals surface area contributed by atoms with Gasteiger partial charge < -0.3 is 15.2 Å². The Morgan fingerprint density at radius 1 is 1.30 bits per heavy atom. The molecule has 0 aliphatic rings.